The molecule has 1 saturated carbocycles. The van der Waals surface area contributed by atoms with Crippen LogP contribution < -0.4 is 0 Å². The standard InChI is InChI=1S/C17H13BrF2O2/c1-22-16(21)17(6-7-17)11-4-2-10(3-5-11)12-8-15(20)13(18)9-14(12)19/h2-5,8-9H,6-7H2,1H3. The van der Waals surface area contributed by atoms with E-state index in [0.717, 1.165) is 30.5 Å². The van der Waals surface area contributed by atoms with Crippen molar-refractivity contribution in [1.82, 2.24) is 0 Å². The third kappa shape index (κ3) is 2.43. The SMILES string of the molecule is COC(=O)C1(c2ccc(-c3cc(F)c(Br)cc3F)cc2)CC1. The molecule has 0 radical (unpaired) electrons. The van der Waals surface area contributed by atoms with Gasteiger partial charge in [0, 0.05) is 5.56 Å². The summed E-state index contributed by atoms with van der Waals surface area (Å²) in [6.45, 7) is 0. The normalized spacial score (nSPS) is 15.5. The Balaban J connectivity index is 1.96. The molecule has 0 unspecified atom stereocenters. The van der Waals surface area contributed by atoms with E-state index < -0.39 is 17.0 Å². The van der Waals surface area contributed by atoms with E-state index in [1.54, 1.807) is 24.3 Å². The highest BCUT2D eigenvalue weighted by molar-refractivity contribution is 9.10. The Morgan fingerprint density at radius 1 is 1.14 bits per heavy atom. The van der Waals surface area contributed by atoms with Crippen molar-refractivity contribution in [1.29, 1.82) is 0 Å². The van der Waals surface area contributed by atoms with Crippen molar-refractivity contribution in [2.24, 2.45) is 0 Å². The Bertz CT molecular complexity index is 737. The molecule has 3 rings (SSSR count). The molecule has 1 fully saturated rings. The summed E-state index contributed by atoms with van der Waals surface area (Å²) in [6, 6.07) is 9.21. The summed E-state index contributed by atoms with van der Waals surface area (Å²) in [5.41, 5.74) is 1.04. The van der Waals surface area contributed by atoms with Gasteiger partial charge in [0.05, 0.1) is 17.0 Å². The Morgan fingerprint density at radius 2 is 1.77 bits per heavy atom. The molecule has 2 aromatic rings. The molecule has 0 saturated heterocycles. The molecule has 0 aliphatic heterocycles. The average Bonchev–Trinajstić information content (AvgIpc) is 3.32. The number of esters is 1. The summed E-state index contributed by atoms with van der Waals surface area (Å²) in [5, 5.41) is 0. The number of methoxy groups -OCH3 is 1. The van der Waals surface area contributed by atoms with Crippen molar-refractivity contribution >= 4 is 21.9 Å². The fourth-order valence-corrected chi connectivity index (χ4v) is 2.96. The van der Waals surface area contributed by atoms with Crippen molar-refractivity contribution in [2.75, 3.05) is 7.11 Å². The minimum Gasteiger partial charge on any atom is -0.468 e. The van der Waals surface area contributed by atoms with Crippen LogP contribution in [0.15, 0.2) is 40.9 Å². The van der Waals surface area contributed by atoms with Crippen LogP contribution in [-0.4, -0.2) is 13.1 Å². The van der Waals surface area contributed by atoms with Gasteiger partial charge in [0.25, 0.3) is 0 Å². The summed E-state index contributed by atoms with van der Waals surface area (Å²) >= 11 is 2.96. The van der Waals surface area contributed by atoms with E-state index in [9.17, 15) is 13.6 Å². The van der Waals surface area contributed by atoms with Crippen LogP contribution in [0.4, 0.5) is 8.78 Å². The van der Waals surface area contributed by atoms with E-state index in [2.05, 4.69) is 15.9 Å². The van der Waals surface area contributed by atoms with E-state index in [0.29, 0.717) is 5.56 Å². The summed E-state index contributed by atoms with van der Waals surface area (Å²) in [7, 11) is 1.37. The van der Waals surface area contributed by atoms with Gasteiger partial charge in [0.1, 0.15) is 11.6 Å². The summed E-state index contributed by atoms with van der Waals surface area (Å²) < 4.78 is 32.5. The van der Waals surface area contributed by atoms with Crippen LogP contribution in [-0.2, 0) is 14.9 Å². The van der Waals surface area contributed by atoms with Crippen LogP contribution >= 0.6 is 15.9 Å². The zero-order valence-corrected chi connectivity index (χ0v) is 13.4. The number of halogens is 3. The molecule has 0 amide bonds. The Labute approximate surface area is 135 Å². The first-order valence-electron chi connectivity index (χ1n) is 6.82. The second-order valence-corrected chi connectivity index (χ2v) is 6.25. The van der Waals surface area contributed by atoms with Gasteiger partial charge in [-0.05, 0) is 52.0 Å². The van der Waals surface area contributed by atoms with Crippen molar-refractivity contribution in [2.45, 2.75) is 18.3 Å². The maximum absolute atomic E-state index is 14.0. The van der Waals surface area contributed by atoms with Crippen LogP contribution in [0.2, 0.25) is 0 Å². The molecule has 0 spiro atoms. The molecular weight excluding hydrogens is 354 g/mol. The highest BCUT2D eigenvalue weighted by Crippen LogP contribution is 2.49. The Kier molecular flexibility index (Phi) is 3.77. The number of hydrogen-bond donors (Lipinski definition) is 0. The highest BCUT2D eigenvalue weighted by Gasteiger charge is 2.52. The predicted molar refractivity (Wildman–Crippen MR) is 82.4 cm³/mol. The maximum atomic E-state index is 14.0. The van der Waals surface area contributed by atoms with Crippen molar-refractivity contribution in [3.8, 4) is 11.1 Å². The van der Waals surface area contributed by atoms with Crippen molar-refractivity contribution in [3.63, 3.8) is 0 Å². The lowest BCUT2D eigenvalue weighted by molar-refractivity contribution is -0.143. The summed E-state index contributed by atoms with van der Waals surface area (Å²) in [5.74, 6) is -1.27. The van der Waals surface area contributed by atoms with Crippen LogP contribution in [0.5, 0.6) is 0 Å². The van der Waals surface area contributed by atoms with Gasteiger partial charge in [-0.15, -0.1) is 0 Å². The van der Waals surface area contributed by atoms with E-state index in [4.69, 9.17) is 4.74 Å². The first-order valence-corrected chi connectivity index (χ1v) is 7.61. The van der Waals surface area contributed by atoms with Crippen LogP contribution in [0.25, 0.3) is 11.1 Å². The van der Waals surface area contributed by atoms with Gasteiger partial charge >= 0.3 is 5.97 Å². The minimum absolute atomic E-state index is 0.0907. The average molecular weight is 367 g/mol. The van der Waals surface area contributed by atoms with Crippen molar-refractivity contribution < 1.29 is 18.3 Å². The number of hydrogen-bond acceptors (Lipinski definition) is 2. The van der Waals surface area contributed by atoms with Crippen LogP contribution in [0.3, 0.4) is 0 Å². The quantitative estimate of drug-likeness (QED) is 0.586. The molecule has 0 bridgehead atoms. The molecule has 114 valence electrons. The molecular formula is C17H13BrF2O2. The maximum Gasteiger partial charge on any atom is 0.316 e. The predicted octanol–water partition coefficient (Wildman–Crippen LogP) is 4.60. The molecule has 0 aromatic heterocycles. The lowest BCUT2D eigenvalue weighted by Crippen LogP contribution is -2.21. The summed E-state index contributed by atoms with van der Waals surface area (Å²) in [4.78, 5) is 11.9. The second kappa shape index (κ2) is 5.47. The fourth-order valence-electron chi connectivity index (χ4n) is 2.64. The third-order valence-corrected chi connectivity index (χ3v) is 4.69. The molecule has 0 heterocycles. The first kappa shape index (κ1) is 15.2. The van der Waals surface area contributed by atoms with Crippen molar-refractivity contribution in [3.05, 3.63) is 58.1 Å². The second-order valence-electron chi connectivity index (χ2n) is 5.40. The Hall–Kier alpha value is -1.75. The molecule has 2 aromatic carbocycles. The van der Waals surface area contributed by atoms with Gasteiger partial charge in [-0.1, -0.05) is 24.3 Å². The molecule has 0 atom stereocenters. The lowest BCUT2D eigenvalue weighted by atomic mass is 9.93. The number of carbonyl (C=O) groups is 1. The number of carbonyl (C=O) groups excluding carboxylic acids is 1. The summed E-state index contributed by atoms with van der Waals surface area (Å²) in [6.07, 6.45) is 1.50. The highest BCUT2D eigenvalue weighted by atomic mass is 79.9. The fraction of sp³-hybridized carbons (Fsp3) is 0.235. The molecule has 1 aliphatic carbocycles. The topological polar surface area (TPSA) is 26.3 Å². The zero-order chi connectivity index (χ0) is 15.9. The molecule has 5 heteroatoms. The zero-order valence-electron chi connectivity index (χ0n) is 11.8. The molecule has 1 aliphatic rings. The van der Waals surface area contributed by atoms with Gasteiger partial charge in [0.2, 0.25) is 0 Å². The minimum atomic E-state index is -0.559. The van der Waals surface area contributed by atoms with Gasteiger partial charge in [-0.2, -0.15) is 0 Å². The first-order chi connectivity index (χ1) is 10.5. The van der Waals surface area contributed by atoms with Gasteiger partial charge in [-0.25, -0.2) is 8.78 Å². The van der Waals surface area contributed by atoms with Gasteiger partial charge in [0.15, 0.2) is 0 Å². The monoisotopic (exact) mass is 366 g/mol. The largest absolute Gasteiger partial charge is 0.468 e. The van der Waals surface area contributed by atoms with E-state index in [-0.39, 0.29) is 16.0 Å². The van der Waals surface area contributed by atoms with Gasteiger partial charge in [-0.3, -0.25) is 4.79 Å². The molecule has 2 nitrogen and oxygen atoms in total. The van der Waals surface area contributed by atoms with Gasteiger partial charge < -0.3 is 4.74 Å². The van der Waals surface area contributed by atoms with E-state index in [1.165, 1.54) is 7.11 Å². The number of benzene rings is 2. The smallest absolute Gasteiger partial charge is 0.316 e. The van der Waals surface area contributed by atoms with Crippen LogP contribution in [0, 0.1) is 11.6 Å². The Morgan fingerprint density at radius 3 is 2.32 bits per heavy atom. The van der Waals surface area contributed by atoms with Crippen LogP contribution in [0.1, 0.15) is 18.4 Å². The molecule has 22 heavy (non-hydrogen) atoms. The molecule has 0 N–H and O–H groups in total. The van der Waals surface area contributed by atoms with E-state index >= 15 is 0 Å². The van der Waals surface area contributed by atoms with E-state index in [1.807, 2.05) is 0 Å². The number of rotatable bonds is 3. The lowest BCUT2D eigenvalue weighted by Gasteiger charge is -2.14. The number of ether oxygens (including phenoxy) is 1. The third-order valence-electron chi connectivity index (χ3n) is 4.08.